The lowest BCUT2D eigenvalue weighted by Crippen LogP contribution is -2.56. The minimum atomic E-state index is -1.25. The monoisotopic (exact) mass is 542 g/mol. The van der Waals surface area contributed by atoms with Gasteiger partial charge in [0.05, 0.1) is 24.4 Å². The van der Waals surface area contributed by atoms with Crippen molar-refractivity contribution in [1.82, 2.24) is 20.0 Å². The van der Waals surface area contributed by atoms with Crippen LogP contribution in [0.25, 0.3) is 10.9 Å². The first kappa shape index (κ1) is 28.5. The third kappa shape index (κ3) is 6.73. The normalized spacial score (nSPS) is 15.0. The summed E-state index contributed by atoms with van der Waals surface area (Å²) >= 11 is 0. The first-order chi connectivity index (χ1) is 18.5. The molecular formula is C29H36F2N4O4. The average molecular weight is 543 g/mol. The highest BCUT2D eigenvalue weighted by atomic mass is 19.1. The van der Waals surface area contributed by atoms with Crippen molar-refractivity contribution >= 4 is 22.8 Å². The molecule has 1 aliphatic rings. The number of ether oxygens (including phenoxy) is 2. The van der Waals surface area contributed by atoms with E-state index in [0.29, 0.717) is 54.7 Å². The van der Waals surface area contributed by atoms with Crippen molar-refractivity contribution in [2.75, 3.05) is 27.7 Å². The number of amides is 1. The van der Waals surface area contributed by atoms with Gasteiger partial charge in [0.25, 0.3) is 5.91 Å². The highest BCUT2D eigenvalue weighted by molar-refractivity contribution is 6.03. The van der Waals surface area contributed by atoms with Crippen molar-refractivity contribution in [2.24, 2.45) is 11.8 Å². The third-order valence-electron chi connectivity index (χ3n) is 6.89. The largest absolute Gasteiger partial charge is 0.467 e. The van der Waals surface area contributed by atoms with Crippen molar-refractivity contribution in [1.29, 1.82) is 0 Å². The van der Waals surface area contributed by atoms with Crippen molar-refractivity contribution in [3.05, 3.63) is 53.7 Å². The maximum Gasteiger partial charge on any atom is 0.331 e. The molecule has 1 N–H and O–H groups in total. The summed E-state index contributed by atoms with van der Waals surface area (Å²) in [6.45, 7) is 5.28. The number of nitrogens with one attached hydrogen (secondary N) is 1. The van der Waals surface area contributed by atoms with Crippen LogP contribution in [0.15, 0.2) is 36.5 Å². The van der Waals surface area contributed by atoms with Crippen molar-refractivity contribution in [2.45, 2.75) is 51.6 Å². The van der Waals surface area contributed by atoms with Gasteiger partial charge in [-0.05, 0) is 63.0 Å². The number of hydrogen-bond acceptors (Lipinski definition) is 6. The van der Waals surface area contributed by atoms with Gasteiger partial charge in [-0.15, -0.1) is 0 Å². The number of rotatable bonds is 12. The van der Waals surface area contributed by atoms with Gasteiger partial charge < -0.3 is 19.7 Å². The lowest BCUT2D eigenvalue weighted by atomic mass is 9.87. The Kier molecular flexibility index (Phi) is 8.54. The number of benzene rings is 2. The molecule has 0 spiro atoms. The molecule has 1 aromatic heterocycles. The second kappa shape index (κ2) is 11.7. The fourth-order valence-corrected chi connectivity index (χ4v) is 4.70. The lowest BCUT2D eigenvalue weighted by Gasteiger charge is -2.33. The molecule has 1 heterocycles. The number of aromatic nitrogens is 2. The summed E-state index contributed by atoms with van der Waals surface area (Å²) in [6, 6.07) is 6.21. The number of fused-ring (bicyclic) bond motifs is 1. The molecule has 0 aliphatic heterocycles. The topological polar surface area (TPSA) is 85.7 Å². The van der Waals surface area contributed by atoms with Crippen LogP contribution in [0, 0.1) is 23.5 Å². The summed E-state index contributed by atoms with van der Waals surface area (Å²) in [5.74, 6) is -2.28. The Morgan fingerprint density at radius 3 is 2.54 bits per heavy atom. The second-order valence-electron chi connectivity index (χ2n) is 11.0. The molecule has 1 saturated carbocycles. The molecule has 8 nitrogen and oxygen atoms in total. The number of hydrogen-bond donors (Lipinski definition) is 1. The Bertz CT molecular complexity index is 1350. The van der Waals surface area contributed by atoms with Gasteiger partial charge in [-0.25, -0.2) is 13.6 Å². The van der Waals surface area contributed by atoms with Crippen LogP contribution >= 0.6 is 0 Å². The van der Waals surface area contributed by atoms with Crippen LogP contribution in [0.4, 0.5) is 8.78 Å². The van der Waals surface area contributed by atoms with Crippen molar-refractivity contribution in [3.63, 3.8) is 0 Å². The van der Waals surface area contributed by atoms with Crippen LogP contribution in [0.2, 0.25) is 0 Å². The molecular weight excluding hydrogens is 506 g/mol. The van der Waals surface area contributed by atoms with Crippen LogP contribution in [0.1, 0.15) is 49.9 Å². The summed E-state index contributed by atoms with van der Waals surface area (Å²) in [6.07, 6.45) is 4.42. The van der Waals surface area contributed by atoms with Gasteiger partial charge in [-0.2, -0.15) is 5.10 Å². The van der Waals surface area contributed by atoms with Crippen LogP contribution in [0.5, 0.6) is 11.5 Å². The number of methoxy groups -OCH3 is 1. The number of halogens is 2. The van der Waals surface area contributed by atoms with E-state index in [9.17, 15) is 18.4 Å². The number of carbonyl (C=O) groups excluding carboxylic acids is 2. The van der Waals surface area contributed by atoms with E-state index < -0.39 is 29.0 Å². The minimum absolute atomic E-state index is 0.0624. The Labute approximate surface area is 227 Å². The first-order valence-corrected chi connectivity index (χ1v) is 13.2. The summed E-state index contributed by atoms with van der Waals surface area (Å²) in [7, 11) is 5.11. The van der Waals surface area contributed by atoms with E-state index in [1.54, 1.807) is 23.0 Å². The molecule has 1 atom stereocenters. The maximum atomic E-state index is 14.5. The zero-order valence-electron chi connectivity index (χ0n) is 23.1. The van der Waals surface area contributed by atoms with E-state index in [4.69, 9.17) is 9.47 Å². The van der Waals surface area contributed by atoms with Crippen molar-refractivity contribution < 1.29 is 27.8 Å². The van der Waals surface area contributed by atoms with Gasteiger partial charge in [-0.1, -0.05) is 26.7 Å². The summed E-state index contributed by atoms with van der Waals surface area (Å²) in [5.41, 5.74) is -0.450. The molecule has 4 rings (SSSR count). The smallest absolute Gasteiger partial charge is 0.331 e. The molecule has 1 aliphatic carbocycles. The van der Waals surface area contributed by atoms with Gasteiger partial charge in [0.1, 0.15) is 17.1 Å². The molecule has 2 aromatic carbocycles. The Hall–Kier alpha value is -3.53. The van der Waals surface area contributed by atoms with E-state index in [2.05, 4.69) is 24.3 Å². The Balaban J connectivity index is 1.79. The fraction of sp³-hybridized carbons (Fsp3) is 0.483. The SMILES string of the molecule is COC(=O)[C@@](CCN(C)C)(CC1CC1)NC(=O)c1cc2c(cnn2CC(C)C)cc1Oc1ccc(F)cc1F. The van der Waals surface area contributed by atoms with Gasteiger partial charge >= 0.3 is 5.97 Å². The maximum absolute atomic E-state index is 14.5. The number of carbonyl (C=O) groups is 2. The van der Waals surface area contributed by atoms with Gasteiger partial charge in [-0.3, -0.25) is 9.48 Å². The van der Waals surface area contributed by atoms with Crippen LogP contribution < -0.4 is 10.1 Å². The molecule has 1 fully saturated rings. The molecule has 0 saturated heterocycles. The highest BCUT2D eigenvalue weighted by Gasteiger charge is 2.45. The molecule has 39 heavy (non-hydrogen) atoms. The van der Waals surface area contributed by atoms with Crippen LogP contribution in [-0.4, -0.2) is 59.8 Å². The minimum Gasteiger partial charge on any atom is -0.467 e. The van der Waals surface area contributed by atoms with Crippen LogP contribution in [-0.2, 0) is 16.1 Å². The van der Waals surface area contributed by atoms with Gasteiger partial charge in [0, 0.05) is 24.5 Å². The quantitative estimate of drug-likeness (QED) is 0.319. The van der Waals surface area contributed by atoms with Gasteiger partial charge in [0.15, 0.2) is 11.6 Å². The zero-order chi connectivity index (χ0) is 28.3. The number of esters is 1. The standard InChI is InChI=1S/C29H36F2N4O4/c1-18(2)17-35-24-14-22(26(12-20(24)16-32-35)39-25-9-8-21(30)13-23(25)31)27(36)33-29(28(37)38-5,10-11-34(3)4)15-19-6-7-19/h8-9,12-14,16,18-19H,6-7,10-11,15,17H2,1-5H3,(H,33,36)/t29-/m1/s1. The predicted molar refractivity (Wildman–Crippen MR) is 144 cm³/mol. The van der Waals surface area contributed by atoms with Gasteiger partial charge in [0.2, 0.25) is 0 Å². The third-order valence-corrected chi connectivity index (χ3v) is 6.89. The summed E-state index contributed by atoms with van der Waals surface area (Å²) in [4.78, 5) is 29.1. The van der Waals surface area contributed by atoms with E-state index in [1.165, 1.54) is 13.2 Å². The lowest BCUT2D eigenvalue weighted by molar-refractivity contribution is -0.149. The van der Waals surface area contributed by atoms with E-state index in [1.807, 2.05) is 19.0 Å². The fourth-order valence-electron chi connectivity index (χ4n) is 4.70. The van der Waals surface area contributed by atoms with E-state index in [0.717, 1.165) is 18.9 Å². The predicted octanol–water partition coefficient (Wildman–Crippen LogP) is 5.16. The molecule has 210 valence electrons. The van der Waals surface area contributed by atoms with Crippen molar-refractivity contribution in [3.8, 4) is 11.5 Å². The molecule has 1 amide bonds. The highest BCUT2D eigenvalue weighted by Crippen LogP contribution is 2.39. The zero-order valence-corrected chi connectivity index (χ0v) is 23.1. The van der Waals surface area contributed by atoms with E-state index in [-0.39, 0.29) is 17.1 Å². The summed E-state index contributed by atoms with van der Waals surface area (Å²) in [5, 5.41) is 8.13. The molecule has 0 bridgehead atoms. The molecule has 3 aromatic rings. The Morgan fingerprint density at radius 2 is 1.92 bits per heavy atom. The first-order valence-electron chi connectivity index (χ1n) is 13.2. The Morgan fingerprint density at radius 1 is 1.18 bits per heavy atom. The molecule has 10 heteroatoms. The van der Waals surface area contributed by atoms with E-state index >= 15 is 0 Å². The molecule has 0 radical (unpaired) electrons. The summed E-state index contributed by atoms with van der Waals surface area (Å²) < 4.78 is 40.9. The molecule has 0 unspecified atom stereocenters. The van der Waals surface area contributed by atoms with Crippen LogP contribution in [0.3, 0.4) is 0 Å². The second-order valence-corrected chi connectivity index (χ2v) is 11.0. The number of nitrogens with zero attached hydrogens (tertiary/aromatic N) is 3. The average Bonchev–Trinajstić information content (AvgIpc) is 3.61.